The number of nitrogens with two attached hydrogens (primary N) is 1. The number of thioether (sulfide) groups is 1. The smallest absolute Gasteiger partial charge is 0.321 e. The third kappa shape index (κ3) is 3.23. The summed E-state index contributed by atoms with van der Waals surface area (Å²) in [7, 11) is 0. The van der Waals surface area contributed by atoms with Gasteiger partial charge in [-0.15, -0.1) is 0 Å². The first-order chi connectivity index (χ1) is 8.16. The number of carboxylic acids is 1. The Morgan fingerprint density at radius 1 is 1.41 bits per heavy atom. The summed E-state index contributed by atoms with van der Waals surface area (Å²) in [5.41, 5.74) is 9.66. The standard InChI is InChI=1S/C13H17NO2S/c14-12(13(15)16)8-17-7-9-4-5-10-2-1-3-11(10)6-9/h4-6,12H,1-3,7-8,14H2,(H,15,16). The van der Waals surface area contributed by atoms with E-state index in [1.54, 1.807) is 11.8 Å². The van der Waals surface area contributed by atoms with Crippen LogP contribution in [0.2, 0.25) is 0 Å². The number of benzene rings is 1. The van der Waals surface area contributed by atoms with E-state index >= 15 is 0 Å². The van der Waals surface area contributed by atoms with Crippen molar-refractivity contribution < 1.29 is 9.90 Å². The van der Waals surface area contributed by atoms with Gasteiger partial charge >= 0.3 is 5.97 Å². The maximum absolute atomic E-state index is 10.6. The molecule has 0 bridgehead atoms. The third-order valence-electron chi connectivity index (χ3n) is 3.05. The Kier molecular flexibility index (Phi) is 4.07. The SMILES string of the molecule is NC(CSCc1ccc2c(c1)CCC2)C(=O)O. The van der Waals surface area contributed by atoms with E-state index in [1.165, 1.54) is 36.0 Å². The number of carbonyl (C=O) groups is 1. The molecule has 0 radical (unpaired) electrons. The minimum atomic E-state index is -0.925. The van der Waals surface area contributed by atoms with Gasteiger partial charge in [0.15, 0.2) is 0 Å². The molecule has 0 saturated heterocycles. The zero-order valence-electron chi connectivity index (χ0n) is 9.69. The molecule has 0 saturated carbocycles. The molecule has 0 spiro atoms. The fourth-order valence-electron chi connectivity index (χ4n) is 2.09. The number of carboxylic acid groups (broad SMARTS) is 1. The topological polar surface area (TPSA) is 63.3 Å². The van der Waals surface area contributed by atoms with Crippen molar-refractivity contribution >= 4 is 17.7 Å². The summed E-state index contributed by atoms with van der Waals surface area (Å²) in [6.07, 6.45) is 3.64. The van der Waals surface area contributed by atoms with Gasteiger partial charge in [-0.3, -0.25) is 4.79 Å². The lowest BCUT2D eigenvalue weighted by atomic mass is 10.1. The summed E-state index contributed by atoms with van der Waals surface area (Å²) in [6.45, 7) is 0. The van der Waals surface area contributed by atoms with E-state index in [-0.39, 0.29) is 0 Å². The van der Waals surface area contributed by atoms with Gasteiger partial charge in [0.1, 0.15) is 6.04 Å². The number of aliphatic carboxylic acids is 1. The maximum Gasteiger partial charge on any atom is 0.321 e. The van der Waals surface area contributed by atoms with Crippen LogP contribution >= 0.6 is 11.8 Å². The lowest BCUT2D eigenvalue weighted by Crippen LogP contribution is -2.32. The molecule has 4 heteroatoms. The van der Waals surface area contributed by atoms with Gasteiger partial charge in [-0.05, 0) is 36.0 Å². The molecule has 0 aliphatic heterocycles. The summed E-state index contributed by atoms with van der Waals surface area (Å²) in [6, 6.07) is 5.84. The Hall–Kier alpha value is -1.00. The minimum Gasteiger partial charge on any atom is -0.480 e. The van der Waals surface area contributed by atoms with Crippen molar-refractivity contribution in [3.05, 3.63) is 34.9 Å². The maximum atomic E-state index is 10.6. The molecule has 2 rings (SSSR count). The van der Waals surface area contributed by atoms with E-state index in [2.05, 4.69) is 18.2 Å². The molecule has 1 atom stereocenters. The van der Waals surface area contributed by atoms with Gasteiger partial charge in [-0.2, -0.15) is 11.8 Å². The van der Waals surface area contributed by atoms with Crippen molar-refractivity contribution in [2.45, 2.75) is 31.1 Å². The van der Waals surface area contributed by atoms with Crippen molar-refractivity contribution in [2.24, 2.45) is 5.73 Å². The fourth-order valence-corrected chi connectivity index (χ4v) is 3.02. The Balaban J connectivity index is 1.85. The average Bonchev–Trinajstić information content (AvgIpc) is 2.75. The molecule has 17 heavy (non-hydrogen) atoms. The minimum absolute atomic E-state index is 0.465. The lowest BCUT2D eigenvalue weighted by Gasteiger charge is -2.07. The third-order valence-corrected chi connectivity index (χ3v) is 4.18. The van der Waals surface area contributed by atoms with Crippen LogP contribution in [0.3, 0.4) is 0 Å². The number of rotatable bonds is 5. The van der Waals surface area contributed by atoms with Gasteiger partial charge in [0.2, 0.25) is 0 Å². The Morgan fingerprint density at radius 3 is 2.94 bits per heavy atom. The summed E-state index contributed by atoms with van der Waals surface area (Å²) >= 11 is 1.58. The lowest BCUT2D eigenvalue weighted by molar-refractivity contribution is -0.137. The first-order valence-corrected chi connectivity index (χ1v) is 6.99. The van der Waals surface area contributed by atoms with Crippen molar-refractivity contribution in [3.63, 3.8) is 0 Å². The predicted octanol–water partition coefficient (Wildman–Crippen LogP) is 1.82. The first-order valence-electron chi connectivity index (χ1n) is 5.83. The number of aryl methyl sites for hydroxylation is 2. The van der Waals surface area contributed by atoms with Crippen molar-refractivity contribution in [1.29, 1.82) is 0 Å². The van der Waals surface area contributed by atoms with Crippen LogP contribution < -0.4 is 5.73 Å². The van der Waals surface area contributed by atoms with Crippen LogP contribution in [0, 0.1) is 0 Å². The predicted molar refractivity (Wildman–Crippen MR) is 70.2 cm³/mol. The monoisotopic (exact) mass is 251 g/mol. The summed E-state index contributed by atoms with van der Waals surface area (Å²) in [5, 5.41) is 8.67. The molecule has 1 aromatic carbocycles. The zero-order valence-corrected chi connectivity index (χ0v) is 10.5. The molecule has 1 unspecified atom stereocenters. The van der Waals surface area contributed by atoms with E-state index in [9.17, 15) is 4.79 Å². The van der Waals surface area contributed by atoms with Crippen LogP contribution in [-0.2, 0) is 23.4 Å². The van der Waals surface area contributed by atoms with Crippen molar-refractivity contribution in [2.75, 3.05) is 5.75 Å². The largest absolute Gasteiger partial charge is 0.480 e. The van der Waals surface area contributed by atoms with Gasteiger partial charge in [-0.1, -0.05) is 18.2 Å². The number of fused-ring (bicyclic) bond motifs is 1. The van der Waals surface area contributed by atoms with E-state index in [0.29, 0.717) is 5.75 Å². The van der Waals surface area contributed by atoms with E-state index < -0.39 is 12.0 Å². The van der Waals surface area contributed by atoms with Crippen LogP contribution in [0.4, 0.5) is 0 Å². The normalized spacial score (nSPS) is 15.6. The molecule has 0 heterocycles. The molecule has 0 fully saturated rings. The molecule has 1 aliphatic carbocycles. The Morgan fingerprint density at radius 2 is 2.18 bits per heavy atom. The number of hydrogen-bond donors (Lipinski definition) is 2. The van der Waals surface area contributed by atoms with Gasteiger partial charge in [0.05, 0.1) is 0 Å². The van der Waals surface area contributed by atoms with Crippen LogP contribution in [0.15, 0.2) is 18.2 Å². The molecule has 1 aromatic rings. The second-order valence-electron chi connectivity index (χ2n) is 4.42. The van der Waals surface area contributed by atoms with Gasteiger partial charge in [-0.25, -0.2) is 0 Å². The van der Waals surface area contributed by atoms with Crippen LogP contribution in [0.1, 0.15) is 23.1 Å². The van der Waals surface area contributed by atoms with Crippen LogP contribution in [0.5, 0.6) is 0 Å². The van der Waals surface area contributed by atoms with Crippen molar-refractivity contribution in [1.82, 2.24) is 0 Å². The Labute approximate surface area is 105 Å². The zero-order chi connectivity index (χ0) is 12.3. The van der Waals surface area contributed by atoms with Crippen LogP contribution in [0.25, 0.3) is 0 Å². The molecular formula is C13H17NO2S. The van der Waals surface area contributed by atoms with Gasteiger partial charge in [0.25, 0.3) is 0 Å². The highest BCUT2D eigenvalue weighted by molar-refractivity contribution is 7.98. The molecule has 3 nitrogen and oxygen atoms in total. The fraction of sp³-hybridized carbons (Fsp3) is 0.462. The highest BCUT2D eigenvalue weighted by Crippen LogP contribution is 2.24. The van der Waals surface area contributed by atoms with Crippen LogP contribution in [-0.4, -0.2) is 22.9 Å². The second kappa shape index (κ2) is 5.56. The molecule has 92 valence electrons. The highest BCUT2D eigenvalue weighted by atomic mass is 32.2. The average molecular weight is 251 g/mol. The summed E-state index contributed by atoms with van der Waals surface area (Å²) in [5.74, 6) is 0.382. The highest BCUT2D eigenvalue weighted by Gasteiger charge is 2.12. The summed E-state index contributed by atoms with van der Waals surface area (Å²) < 4.78 is 0. The number of hydrogen-bond acceptors (Lipinski definition) is 3. The molecule has 0 aromatic heterocycles. The van der Waals surface area contributed by atoms with E-state index in [4.69, 9.17) is 10.8 Å². The van der Waals surface area contributed by atoms with Gasteiger partial charge in [0, 0.05) is 11.5 Å². The quantitative estimate of drug-likeness (QED) is 0.838. The summed E-state index contributed by atoms with van der Waals surface area (Å²) in [4.78, 5) is 10.6. The van der Waals surface area contributed by atoms with E-state index in [1.807, 2.05) is 0 Å². The molecule has 1 aliphatic rings. The first kappa shape index (κ1) is 12.5. The second-order valence-corrected chi connectivity index (χ2v) is 5.45. The molecular weight excluding hydrogens is 234 g/mol. The van der Waals surface area contributed by atoms with Gasteiger partial charge < -0.3 is 10.8 Å². The Bertz CT molecular complexity index is 420. The van der Waals surface area contributed by atoms with Crippen molar-refractivity contribution in [3.8, 4) is 0 Å². The molecule has 0 amide bonds. The molecule has 3 N–H and O–H groups in total. The van der Waals surface area contributed by atoms with E-state index in [0.717, 1.165) is 5.75 Å².